The third-order valence-electron chi connectivity index (χ3n) is 4.41. The SMILES string of the molecule is COC(=O)C(C)(N)CCN1CCC(C(C)(C)C)CC1. The molecule has 1 rings (SSSR count). The molecule has 0 saturated carbocycles. The van der Waals surface area contributed by atoms with Gasteiger partial charge in [-0.15, -0.1) is 0 Å². The number of rotatable bonds is 4. The Hall–Kier alpha value is -0.610. The Morgan fingerprint density at radius 2 is 1.79 bits per heavy atom. The summed E-state index contributed by atoms with van der Waals surface area (Å²) in [5.41, 5.74) is 5.52. The highest BCUT2D eigenvalue weighted by Crippen LogP contribution is 2.34. The van der Waals surface area contributed by atoms with Gasteiger partial charge in [0, 0.05) is 6.54 Å². The van der Waals surface area contributed by atoms with E-state index < -0.39 is 5.54 Å². The first-order valence-electron chi connectivity index (χ1n) is 7.26. The van der Waals surface area contributed by atoms with Crippen molar-refractivity contribution in [2.24, 2.45) is 17.1 Å². The van der Waals surface area contributed by atoms with Crippen LogP contribution in [-0.2, 0) is 9.53 Å². The molecule has 0 spiro atoms. The maximum Gasteiger partial charge on any atom is 0.325 e. The first kappa shape index (κ1) is 16.4. The number of nitrogens with two attached hydrogens (primary N) is 1. The minimum absolute atomic E-state index is 0.322. The van der Waals surface area contributed by atoms with Crippen LogP contribution in [0.4, 0.5) is 0 Å². The Kier molecular flexibility index (Phi) is 5.39. The topological polar surface area (TPSA) is 55.6 Å². The number of likely N-dealkylation sites (tertiary alicyclic amines) is 1. The van der Waals surface area contributed by atoms with Crippen LogP contribution in [-0.4, -0.2) is 43.2 Å². The molecule has 0 aromatic carbocycles. The second-order valence-corrected chi connectivity index (χ2v) is 7.14. The molecule has 1 heterocycles. The average Bonchev–Trinajstić information content (AvgIpc) is 2.35. The largest absolute Gasteiger partial charge is 0.468 e. The van der Waals surface area contributed by atoms with Gasteiger partial charge >= 0.3 is 5.97 Å². The summed E-state index contributed by atoms with van der Waals surface area (Å²) < 4.78 is 4.73. The summed E-state index contributed by atoms with van der Waals surface area (Å²) >= 11 is 0. The Morgan fingerprint density at radius 1 is 1.26 bits per heavy atom. The molecular weight excluding hydrogens is 240 g/mol. The van der Waals surface area contributed by atoms with Gasteiger partial charge in [-0.3, -0.25) is 4.79 Å². The molecule has 0 amide bonds. The molecule has 112 valence electrons. The van der Waals surface area contributed by atoms with Crippen LogP contribution in [0.3, 0.4) is 0 Å². The van der Waals surface area contributed by atoms with Crippen LogP contribution in [0.15, 0.2) is 0 Å². The van der Waals surface area contributed by atoms with E-state index in [0.717, 1.165) is 25.6 Å². The summed E-state index contributed by atoms with van der Waals surface area (Å²) in [6.45, 7) is 11.8. The molecule has 4 heteroatoms. The van der Waals surface area contributed by atoms with Crippen molar-refractivity contribution in [1.82, 2.24) is 4.90 Å². The van der Waals surface area contributed by atoms with Crippen LogP contribution >= 0.6 is 0 Å². The number of hydrogen-bond acceptors (Lipinski definition) is 4. The molecule has 0 aliphatic carbocycles. The molecule has 1 aliphatic rings. The summed E-state index contributed by atoms with van der Waals surface area (Å²) in [4.78, 5) is 13.9. The maximum atomic E-state index is 11.5. The van der Waals surface area contributed by atoms with E-state index in [2.05, 4.69) is 25.7 Å². The van der Waals surface area contributed by atoms with Gasteiger partial charge in [0.05, 0.1) is 7.11 Å². The van der Waals surface area contributed by atoms with Crippen LogP contribution < -0.4 is 5.73 Å². The zero-order valence-corrected chi connectivity index (χ0v) is 13.2. The number of hydrogen-bond donors (Lipinski definition) is 1. The lowest BCUT2D eigenvalue weighted by atomic mass is 9.75. The standard InChI is InChI=1S/C15H30N2O2/c1-14(2,3)12-6-9-17(10-7-12)11-8-15(4,16)13(18)19-5/h12H,6-11,16H2,1-5H3. The van der Waals surface area contributed by atoms with E-state index in [4.69, 9.17) is 10.5 Å². The summed E-state index contributed by atoms with van der Waals surface area (Å²) in [6, 6.07) is 0. The number of ether oxygens (including phenoxy) is 1. The van der Waals surface area contributed by atoms with Gasteiger partial charge in [-0.25, -0.2) is 0 Å². The van der Waals surface area contributed by atoms with Crippen molar-refractivity contribution in [1.29, 1.82) is 0 Å². The molecule has 1 atom stereocenters. The van der Waals surface area contributed by atoms with Gasteiger partial charge in [0.25, 0.3) is 0 Å². The van der Waals surface area contributed by atoms with Gasteiger partial charge < -0.3 is 15.4 Å². The molecule has 1 aliphatic heterocycles. The van der Waals surface area contributed by atoms with Crippen LogP contribution in [0.25, 0.3) is 0 Å². The third kappa shape index (κ3) is 4.77. The summed E-state index contributed by atoms with van der Waals surface area (Å²) in [6.07, 6.45) is 3.13. The Labute approximate surface area is 117 Å². The number of methoxy groups -OCH3 is 1. The molecule has 0 bridgehead atoms. The maximum absolute atomic E-state index is 11.5. The summed E-state index contributed by atoms with van der Waals surface area (Å²) in [7, 11) is 1.39. The molecular formula is C15H30N2O2. The van der Waals surface area contributed by atoms with Gasteiger partial charge in [-0.2, -0.15) is 0 Å². The van der Waals surface area contributed by atoms with Crippen LogP contribution in [0, 0.1) is 11.3 Å². The summed E-state index contributed by atoms with van der Waals surface area (Å²) in [5, 5.41) is 0. The number of carbonyl (C=O) groups is 1. The molecule has 1 saturated heterocycles. The van der Waals surface area contributed by atoms with E-state index in [1.807, 2.05) is 0 Å². The van der Waals surface area contributed by atoms with Crippen molar-refractivity contribution >= 4 is 5.97 Å². The second-order valence-electron chi connectivity index (χ2n) is 7.14. The zero-order chi connectivity index (χ0) is 14.7. The zero-order valence-electron chi connectivity index (χ0n) is 13.2. The Bertz CT molecular complexity index is 300. The molecule has 0 radical (unpaired) electrons. The van der Waals surface area contributed by atoms with Crippen molar-refractivity contribution in [3.05, 3.63) is 0 Å². The lowest BCUT2D eigenvalue weighted by Crippen LogP contribution is -2.49. The first-order valence-corrected chi connectivity index (χ1v) is 7.26. The van der Waals surface area contributed by atoms with E-state index in [0.29, 0.717) is 11.8 Å². The third-order valence-corrected chi connectivity index (χ3v) is 4.41. The molecule has 1 unspecified atom stereocenters. The normalized spacial score (nSPS) is 22.0. The smallest absolute Gasteiger partial charge is 0.325 e. The van der Waals surface area contributed by atoms with Crippen molar-refractivity contribution in [3.63, 3.8) is 0 Å². The van der Waals surface area contributed by atoms with Gasteiger partial charge in [0.1, 0.15) is 5.54 Å². The number of piperidine rings is 1. The fraction of sp³-hybridized carbons (Fsp3) is 0.933. The Balaban J connectivity index is 2.36. The number of carbonyl (C=O) groups excluding carboxylic acids is 1. The highest BCUT2D eigenvalue weighted by molar-refractivity contribution is 5.79. The van der Waals surface area contributed by atoms with Crippen molar-refractivity contribution in [2.45, 2.75) is 52.5 Å². The number of nitrogens with zero attached hydrogens (tertiary/aromatic N) is 1. The Morgan fingerprint density at radius 3 is 2.21 bits per heavy atom. The van der Waals surface area contributed by atoms with E-state index in [9.17, 15) is 4.79 Å². The quantitative estimate of drug-likeness (QED) is 0.794. The van der Waals surface area contributed by atoms with Gasteiger partial charge in [0.15, 0.2) is 0 Å². The van der Waals surface area contributed by atoms with Crippen molar-refractivity contribution < 1.29 is 9.53 Å². The van der Waals surface area contributed by atoms with Crippen molar-refractivity contribution in [2.75, 3.05) is 26.7 Å². The van der Waals surface area contributed by atoms with E-state index in [1.54, 1.807) is 6.92 Å². The molecule has 2 N–H and O–H groups in total. The highest BCUT2D eigenvalue weighted by Gasteiger charge is 2.32. The lowest BCUT2D eigenvalue weighted by molar-refractivity contribution is -0.146. The molecule has 0 aromatic rings. The minimum Gasteiger partial charge on any atom is -0.468 e. The van der Waals surface area contributed by atoms with E-state index >= 15 is 0 Å². The predicted octanol–water partition coefficient (Wildman–Crippen LogP) is 2.02. The van der Waals surface area contributed by atoms with Crippen LogP contribution in [0.5, 0.6) is 0 Å². The molecule has 19 heavy (non-hydrogen) atoms. The van der Waals surface area contributed by atoms with Crippen LogP contribution in [0.2, 0.25) is 0 Å². The fourth-order valence-corrected chi connectivity index (χ4v) is 2.75. The molecule has 4 nitrogen and oxygen atoms in total. The first-order chi connectivity index (χ1) is 8.66. The van der Waals surface area contributed by atoms with Crippen LogP contribution in [0.1, 0.15) is 47.0 Å². The summed E-state index contributed by atoms with van der Waals surface area (Å²) in [5.74, 6) is 0.477. The van der Waals surface area contributed by atoms with Gasteiger partial charge in [-0.05, 0) is 50.6 Å². The fourth-order valence-electron chi connectivity index (χ4n) is 2.75. The highest BCUT2D eigenvalue weighted by atomic mass is 16.5. The lowest BCUT2D eigenvalue weighted by Gasteiger charge is -2.39. The molecule has 1 fully saturated rings. The molecule has 0 aromatic heterocycles. The minimum atomic E-state index is -0.865. The van der Waals surface area contributed by atoms with E-state index in [1.165, 1.54) is 20.0 Å². The second kappa shape index (κ2) is 6.23. The van der Waals surface area contributed by atoms with Gasteiger partial charge in [0.2, 0.25) is 0 Å². The van der Waals surface area contributed by atoms with Gasteiger partial charge in [-0.1, -0.05) is 20.8 Å². The monoisotopic (exact) mass is 270 g/mol. The average molecular weight is 270 g/mol. The van der Waals surface area contributed by atoms with E-state index in [-0.39, 0.29) is 5.97 Å². The number of esters is 1. The van der Waals surface area contributed by atoms with Crippen molar-refractivity contribution in [3.8, 4) is 0 Å². The predicted molar refractivity (Wildman–Crippen MR) is 77.8 cm³/mol.